The minimum atomic E-state index is -2.56. The summed E-state index contributed by atoms with van der Waals surface area (Å²) in [6.45, 7) is 0. The van der Waals surface area contributed by atoms with E-state index in [1.165, 1.54) is 18.4 Å². The number of rotatable bonds is 2. The molecule has 0 fully saturated rings. The predicted molar refractivity (Wildman–Crippen MR) is 31.6 cm³/mol. The van der Waals surface area contributed by atoms with Crippen LogP contribution in [0.25, 0.3) is 0 Å². The molecule has 10 heavy (non-hydrogen) atoms. The van der Waals surface area contributed by atoms with Crippen LogP contribution in [0.1, 0.15) is 11.8 Å². The molecule has 1 aromatic rings. The Kier molecular flexibility index (Phi) is 2.01. The van der Waals surface area contributed by atoms with Gasteiger partial charge in [-0.25, -0.2) is 8.78 Å². The topological polar surface area (TPSA) is 39.2 Å². The molecule has 0 spiro atoms. The van der Waals surface area contributed by atoms with Crippen LogP contribution in [0.15, 0.2) is 22.8 Å². The van der Waals surface area contributed by atoms with Crippen LogP contribution in [0.2, 0.25) is 0 Å². The molecule has 0 bridgehead atoms. The summed E-state index contributed by atoms with van der Waals surface area (Å²) in [7, 11) is 0. The third-order valence-electron chi connectivity index (χ3n) is 1.14. The summed E-state index contributed by atoms with van der Waals surface area (Å²) in [5.41, 5.74) is 5.04. The van der Waals surface area contributed by atoms with Gasteiger partial charge in [-0.2, -0.15) is 0 Å². The van der Waals surface area contributed by atoms with Crippen molar-refractivity contribution in [1.29, 1.82) is 0 Å². The molecule has 56 valence electrons. The molecule has 0 aliphatic rings. The van der Waals surface area contributed by atoms with E-state index in [9.17, 15) is 8.78 Å². The highest BCUT2D eigenvalue weighted by Gasteiger charge is 2.19. The van der Waals surface area contributed by atoms with Crippen LogP contribution in [-0.4, -0.2) is 6.43 Å². The third kappa shape index (κ3) is 1.33. The van der Waals surface area contributed by atoms with Crippen LogP contribution in [0, 0.1) is 0 Å². The molecule has 1 atom stereocenters. The van der Waals surface area contributed by atoms with Gasteiger partial charge in [-0.05, 0) is 12.1 Å². The zero-order chi connectivity index (χ0) is 7.56. The largest absolute Gasteiger partial charge is 0.467 e. The number of nitrogens with two attached hydrogens (primary N) is 1. The van der Waals surface area contributed by atoms with Crippen molar-refractivity contribution in [3.63, 3.8) is 0 Å². The van der Waals surface area contributed by atoms with Crippen molar-refractivity contribution < 1.29 is 13.2 Å². The molecule has 0 aromatic carbocycles. The van der Waals surface area contributed by atoms with Crippen LogP contribution in [0.4, 0.5) is 8.78 Å². The Morgan fingerprint density at radius 1 is 1.50 bits per heavy atom. The molecule has 4 heteroatoms. The van der Waals surface area contributed by atoms with E-state index >= 15 is 0 Å². The summed E-state index contributed by atoms with van der Waals surface area (Å²) >= 11 is 0. The second kappa shape index (κ2) is 2.79. The van der Waals surface area contributed by atoms with Gasteiger partial charge in [-0.15, -0.1) is 0 Å². The van der Waals surface area contributed by atoms with Gasteiger partial charge in [0.05, 0.1) is 6.26 Å². The zero-order valence-electron chi connectivity index (χ0n) is 5.13. The Balaban J connectivity index is 2.68. The summed E-state index contributed by atoms with van der Waals surface area (Å²) in [6, 6.07) is 1.66. The third-order valence-corrected chi connectivity index (χ3v) is 1.14. The van der Waals surface area contributed by atoms with Crippen LogP contribution < -0.4 is 5.73 Å². The lowest BCUT2D eigenvalue weighted by molar-refractivity contribution is 0.106. The maximum Gasteiger partial charge on any atom is 0.260 e. The second-order valence-corrected chi connectivity index (χ2v) is 1.88. The van der Waals surface area contributed by atoms with Crippen molar-refractivity contribution in [1.82, 2.24) is 0 Å². The summed E-state index contributed by atoms with van der Waals surface area (Å²) < 4.78 is 28.3. The van der Waals surface area contributed by atoms with E-state index in [4.69, 9.17) is 5.73 Å². The first-order chi connectivity index (χ1) is 4.72. The Morgan fingerprint density at radius 2 is 2.20 bits per heavy atom. The quantitative estimate of drug-likeness (QED) is 0.689. The molecule has 2 N–H and O–H groups in total. The first-order valence-electron chi connectivity index (χ1n) is 2.79. The van der Waals surface area contributed by atoms with E-state index in [1.54, 1.807) is 0 Å². The normalized spacial score (nSPS) is 14.0. The van der Waals surface area contributed by atoms with Gasteiger partial charge in [0, 0.05) is 0 Å². The summed E-state index contributed by atoms with van der Waals surface area (Å²) in [5.74, 6) is 0.120. The first-order valence-corrected chi connectivity index (χ1v) is 2.79. The van der Waals surface area contributed by atoms with Gasteiger partial charge in [0.15, 0.2) is 0 Å². The van der Waals surface area contributed by atoms with Gasteiger partial charge in [0.2, 0.25) is 0 Å². The molecule has 0 radical (unpaired) electrons. The predicted octanol–water partition coefficient (Wildman–Crippen LogP) is 1.54. The standard InChI is InChI=1S/C6H7F2NO/c7-6(8)5(9)4-2-1-3-10-4/h1-3,5-6H,9H2/t5-/m0/s1. The lowest BCUT2D eigenvalue weighted by Gasteiger charge is -2.04. The maximum atomic E-state index is 11.8. The number of furan rings is 1. The minimum absolute atomic E-state index is 0.120. The summed E-state index contributed by atoms with van der Waals surface area (Å²) in [4.78, 5) is 0. The van der Waals surface area contributed by atoms with Gasteiger partial charge in [-0.1, -0.05) is 0 Å². The first kappa shape index (κ1) is 7.21. The molecule has 1 rings (SSSR count). The fourth-order valence-electron chi connectivity index (χ4n) is 0.605. The van der Waals surface area contributed by atoms with E-state index in [1.807, 2.05) is 0 Å². The van der Waals surface area contributed by atoms with Crippen molar-refractivity contribution in [2.75, 3.05) is 0 Å². The monoisotopic (exact) mass is 147 g/mol. The second-order valence-electron chi connectivity index (χ2n) is 1.88. The number of alkyl halides is 2. The molecule has 0 aliphatic heterocycles. The van der Waals surface area contributed by atoms with E-state index in [-0.39, 0.29) is 5.76 Å². The van der Waals surface area contributed by atoms with Gasteiger partial charge in [-0.3, -0.25) is 0 Å². The number of hydrogen-bond donors (Lipinski definition) is 1. The summed E-state index contributed by atoms with van der Waals surface area (Å²) in [5, 5.41) is 0. The molecule has 0 saturated carbocycles. The van der Waals surface area contributed by atoms with Crippen molar-refractivity contribution in [3.05, 3.63) is 24.2 Å². The molecule has 0 unspecified atom stereocenters. The van der Waals surface area contributed by atoms with E-state index < -0.39 is 12.5 Å². The van der Waals surface area contributed by atoms with Crippen LogP contribution in [0.5, 0.6) is 0 Å². The summed E-state index contributed by atoms with van der Waals surface area (Å²) in [6.07, 6.45) is -1.25. The van der Waals surface area contributed by atoms with Crippen LogP contribution >= 0.6 is 0 Å². The Morgan fingerprint density at radius 3 is 2.60 bits per heavy atom. The molecule has 0 amide bonds. The lowest BCUT2D eigenvalue weighted by atomic mass is 10.2. The average molecular weight is 147 g/mol. The molecular formula is C6H7F2NO. The smallest absolute Gasteiger partial charge is 0.260 e. The molecule has 1 heterocycles. The highest BCUT2D eigenvalue weighted by molar-refractivity contribution is 5.03. The van der Waals surface area contributed by atoms with Crippen molar-refractivity contribution in [3.8, 4) is 0 Å². The molecular weight excluding hydrogens is 140 g/mol. The van der Waals surface area contributed by atoms with Gasteiger partial charge in [0.1, 0.15) is 11.8 Å². The van der Waals surface area contributed by atoms with E-state index in [2.05, 4.69) is 4.42 Å². The maximum absolute atomic E-state index is 11.8. The fraction of sp³-hybridized carbons (Fsp3) is 0.333. The van der Waals surface area contributed by atoms with Crippen LogP contribution in [0.3, 0.4) is 0 Å². The Hall–Kier alpha value is -0.900. The number of hydrogen-bond acceptors (Lipinski definition) is 2. The Labute approximate surface area is 56.6 Å². The fourth-order valence-corrected chi connectivity index (χ4v) is 0.605. The van der Waals surface area contributed by atoms with Crippen LogP contribution in [-0.2, 0) is 0 Å². The molecule has 0 aliphatic carbocycles. The van der Waals surface area contributed by atoms with Gasteiger partial charge < -0.3 is 10.2 Å². The molecule has 0 saturated heterocycles. The van der Waals surface area contributed by atoms with Gasteiger partial charge in [0.25, 0.3) is 6.43 Å². The number of halogens is 2. The lowest BCUT2D eigenvalue weighted by Crippen LogP contribution is -2.17. The van der Waals surface area contributed by atoms with E-state index in [0.717, 1.165) is 0 Å². The molecule has 1 aromatic heterocycles. The van der Waals surface area contributed by atoms with E-state index in [0.29, 0.717) is 0 Å². The van der Waals surface area contributed by atoms with Crippen molar-refractivity contribution in [2.24, 2.45) is 5.73 Å². The average Bonchev–Trinajstić information content (AvgIpc) is 2.36. The zero-order valence-corrected chi connectivity index (χ0v) is 5.13. The molecule has 2 nitrogen and oxygen atoms in total. The Bertz CT molecular complexity index is 186. The highest BCUT2D eigenvalue weighted by atomic mass is 19.3. The SMILES string of the molecule is N[C@@H](c1ccco1)C(F)F. The van der Waals surface area contributed by atoms with Gasteiger partial charge >= 0.3 is 0 Å². The van der Waals surface area contributed by atoms with Crippen molar-refractivity contribution >= 4 is 0 Å². The highest BCUT2D eigenvalue weighted by Crippen LogP contribution is 2.17. The van der Waals surface area contributed by atoms with Crippen molar-refractivity contribution in [2.45, 2.75) is 12.5 Å². The minimum Gasteiger partial charge on any atom is -0.467 e.